The predicted octanol–water partition coefficient (Wildman–Crippen LogP) is 3.64. The van der Waals surface area contributed by atoms with Crippen molar-refractivity contribution in [1.29, 1.82) is 0 Å². The van der Waals surface area contributed by atoms with Gasteiger partial charge >= 0.3 is 0 Å². The number of morpholine rings is 1. The summed E-state index contributed by atoms with van der Waals surface area (Å²) in [6, 6.07) is 8.91. The van der Waals surface area contributed by atoms with Crippen molar-refractivity contribution in [3.8, 4) is 5.75 Å². The molecule has 144 valence electrons. The normalized spacial score (nSPS) is 14.2. The molecule has 3 heterocycles. The molecule has 0 N–H and O–H groups in total. The molecule has 2 aromatic heterocycles. The molecule has 4 rings (SSSR count). The summed E-state index contributed by atoms with van der Waals surface area (Å²) in [5, 5.41) is 0.517. The van der Waals surface area contributed by atoms with Crippen molar-refractivity contribution in [3.63, 3.8) is 0 Å². The average Bonchev–Trinajstić information content (AvgIpc) is 2.72. The Hall–Kier alpha value is -3.12. The molecule has 1 aliphatic rings. The van der Waals surface area contributed by atoms with Crippen molar-refractivity contribution >= 4 is 22.4 Å². The molecule has 1 fully saturated rings. The Morgan fingerprint density at radius 1 is 1.29 bits per heavy atom. The van der Waals surface area contributed by atoms with Crippen LogP contribution in [-0.4, -0.2) is 31.3 Å². The molecule has 0 spiro atoms. The lowest BCUT2D eigenvalue weighted by Gasteiger charge is -2.27. The Morgan fingerprint density at radius 2 is 2.11 bits per heavy atom. The highest BCUT2D eigenvalue weighted by Gasteiger charge is 2.19. The summed E-state index contributed by atoms with van der Waals surface area (Å²) in [6.45, 7) is 8.93. The van der Waals surface area contributed by atoms with E-state index in [1.54, 1.807) is 30.6 Å². The van der Waals surface area contributed by atoms with Gasteiger partial charge in [-0.2, -0.15) is 0 Å². The lowest BCUT2D eigenvalue weighted by atomic mass is 10.0. The summed E-state index contributed by atoms with van der Waals surface area (Å²) < 4.78 is 17.6. The molecule has 1 saturated heterocycles. The van der Waals surface area contributed by atoms with Crippen LogP contribution in [0.3, 0.4) is 0 Å². The molecule has 6 nitrogen and oxygen atoms in total. The van der Waals surface area contributed by atoms with Gasteiger partial charge in [0.25, 0.3) is 0 Å². The highest BCUT2D eigenvalue weighted by molar-refractivity contribution is 5.92. The number of benzene rings is 1. The molecule has 0 radical (unpaired) electrons. The van der Waals surface area contributed by atoms with Gasteiger partial charge in [-0.25, -0.2) is 0 Å². The summed E-state index contributed by atoms with van der Waals surface area (Å²) >= 11 is 0. The van der Waals surface area contributed by atoms with E-state index in [0.717, 1.165) is 11.1 Å². The minimum Gasteiger partial charge on any atom is -0.488 e. The van der Waals surface area contributed by atoms with Gasteiger partial charge in [-0.05, 0) is 30.7 Å². The molecule has 0 atom stereocenters. The first kappa shape index (κ1) is 18.3. The van der Waals surface area contributed by atoms with Crippen LogP contribution >= 0.6 is 0 Å². The van der Waals surface area contributed by atoms with E-state index in [9.17, 15) is 4.79 Å². The van der Waals surface area contributed by atoms with E-state index in [-0.39, 0.29) is 5.43 Å². The SMILES string of the molecule is C=C(C)c1c(OCc2cccnc2)ccc2c(=O)cc(N3CCOCC3)oc12. The summed E-state index contributed by atoms with van der Waals surface area (Å²) in [6.07, 6.45) is 3.48. The zero-order valence-corrected chi connectivity index (χ0v) is 15.8. The van der Waals surface area contributed by atoms with E-state index in [0.29, 0.717) is 61.1 Å². The first-order valence-electron chi connectivity index (χ1n) is 9.24. The number of ether oxygens (including phenoxy) is 2. The minimum atomic E-state index is -0.0796. The summed E-state index contributed by atoms with van der Waals surface area (Å²) in [7, 11) is 0. The number of hydrogen-bond donors (Lipinski definition) is 0. The van der Waals surface area contributed by atoms with Crippen LogP contribution in [-0.2, 0) is 11.3 Å². The van der Waals surface area contributed by atoms with Gasteiger partial charge in [-0.15, -0.1) is 0 Å². The molecule has 0 bridgehead atoms. The largest absolute Gasteiger partial charge is 0.488 e. The quantitative estimate of drug-likeness (QED) is 0.675. The Kier molecular flexibility index (Phi) is 5.12. The Labute approximate surface area is 163 Å². The van der Waals surface area contributed by atoms with Crippen molar-refractivity contribution in [2.24, 2.45) is 0 Å². The fraction of sp³-hybridized carbons (Fsp3) is 0.273. The number of anilines is 1. The number of fused-ring (bicyclic) bond motifs is 1. The third-order valence-corrected chi connectivity index (χ3v) is 4.71. The van der Waals surface area contributed by atoms with Gasteiger partial charge < -0.3 is 18.8 Å². The monoisotopic (exact) mass is 378 g/mol. The lowest BCUT2D eigenvalue weighted by molar-refractivity contribution is 0.121. The highest BCUT2D eigenvalue weighted by Crippen LogP contribution is 2.34. The molecule has 0 unspecified atom stereocenters. The first-order chi connectivity index (χ1) is 13.6. The van der Waals surface area contributed by atoms with Crippen molar-refractivity contribution in [3.05, 3.63) is 70.7 Å². The Balaban J connectivity index is 1.77. The van der Waals surface area contributed by atoms with Gasteiger partial charge in [-0.1, -0.05) is 12.6 Å². The van der Waals surface area contributed by atoms with Crippen molar-refractivity contribution in [1.82, 2.24) is 4.98 Å². The standard InChI is InChI=1S/C22H22N2O4/c1-15(2)21-19(27-14-16-4-3-7-23-13-16)6-5-17-18(25)12-20(28-22(17)21)24-8-10-26-11-9-24/h3-7,12-13H,1,8-11,14H2,2H3. The van der Waals surface area contributed by atoms with Crippen LogP contribution in [0.25, 0.3) is 16.5 Å². The van der Waals surface area contributed by atoms with Gasteiger partial charge in [0.05, 0.1) is 24.2 Å². The molecule has 1 aromatic carbocycles. The molecule has 3 aromatic rings. The number of rotatable bonds is 5. The van der Waals surface area contributed by atoms with Gasteiger partial charge in [0.15, 0.2) is 16.9 Å². The highest BCUT2D eigenvalue weighted by atomic mass is 16.5. The van der Waals surface area contributed by atoms with E-state index in [1.165, 1.54) is 0 Å². The van der Waals surface area contributed by atoms with Gasteiger partial charge in [0, 0.05) is 37.1 Å². The fourth-order valence-electron chi connectivity index (χ4n) is 3.30. The average molecular weight is 378 g/mol. The maximum Gasteiger partial charge on any atom is 0.200 e. The van der Waals surface area contributed by atoms with Crippen LogP contribution in [0.2, 0.25) is 0 Å². The smallest absolute Gasteiger partial charge is 0.200 e. The van der Waals surface area contributed by atoms with E-state index < -0.39 is 0 Å². The fourth-order valence-corrected chi connectivity index (χ4v) is 3.30. The van der Waals surface area contributed by atoms with E-state index >= 15 is 0 Å². The molecule has 28 heavy (non-hydrogen) atoms. The maximum absolute atomic E-state index is 12.7. The molecule has 0 amide bonds. The third-order valence-electron chi connectivity index (χ3n) is 4.71. The second kappa shape index (κ2) is 7.86. The number of hydrogen-bond acceptors (Lipinski definition) is 6. The summed E-state index contributed by atoms with van der Waals surface area (Å²) in [4.78, 5) is 18.8. The predicted molar refractivity (Wildman–Crippen MR) is 109 cm³/mol. The second-order valence-electron chi connectivity index (χ2n) is 6.79. The van der Waals surface area contributed by atoms with Crippen LogP contribution in [0.1, 0.15) is 18.1 Å². The zero-order valence-electron chi connectivity index (χ0n) is 15.8. The molecule has 0 aliphatic carbocycles. The molecular weight excluding hydrogens is 356 g/mol. The minimum absolute atomic E-state index is 0.0796. The van der Waals surface area contributed by atoms with Gasteiger partial charge in [0.1, 0.15) is 12.4 Å². The van der Waals surface area contributed by atoms with Gasteiger partial charge in [-0.3, -0.25) is 9.78 Å². The van der Waals surface area contributed by atoms with Crippen molar-refractivity contribution in [2.75, 3.05) is 31.2 Å². The zero-order chi connectivity index (χ0) is 19.5. The topological polar surface area (TPSA) is 64.8 Å². The van der Waals surface area contributed by atoms with Crippen molar-refractivity contribution in [2.45, 2.75) is 13.5 Å². The van der Waals surface area contributed by atoms with Crippen LogP contribution in [0, 0.1) is 0 Å². The molecular formula is C22H22N2O4. The Bertz CT molecular complexity index is 1050. The van der Waals surface area contributed by atoms with E-state index in [1.807, 2.05) is 24.0 Å². The Morgan fingerprint density at radius 3 is 2.82 bits per heavy atom. The second-order valence-corrected chi connectivity index (χ2v) is 6.79. The van der Waals surface area contributed by atoms with E-state index in [4.69, 9.17) is 13.9 Å². The van der Waals surface area contributed by atoms with Crippen molar-refractivity contribution < 1.29 is 13.9 Å². The van der Waals surface area contributed by atoms with Gasteiger partial charge in [0.2, 0.25) is 0 Å². The molecule has 0 saturated carbocycles. The lowest BCUT2D eigenvalue weighted by Crippen LogP contribution is -2.36. The van der Waals surface area contributed by atoms with E-state index in [2.05, 4.69) is 11.6 Å². The molecule has 6 heteroatoms. The summed E-state index contributed by atoms with van der Waals surface area (Å²) in [5.41, 5.74) is 2.87. The number of nitrogens with zero attached hydrogens (tertiary/aromatic N) is 2. The number of allylic oxidation sites excluding steroid dienone is 1. The first-order valence-corrected chi connectivity index (χ1v) is 9.24. The van der Waals surface area contributed by atoms with Crippen LogP contribution in [0.4, 0.5) is 5.88 Å². The number of aromatic nitrogens is 1. The maximum atomic E-state index is 12.7. The third kappa shape index (κ3) is 3.64. The summed E-state index contributed by atoms with van der Waals surface area (Å²) in [5.74, 6) is 1.18. The van der Waals surface area contributed by atoms with Crippen LogP contribution in [0.5, 0.6) is 5.75 Å². The number of pyridine rings is 1. The molecule has 1 aliphatic heterocycles. The van der Waals surface area contributed by atoms with Crippen LogP contribution < -0.4 is 15.1 Å². The van der Waals surface area contributed by atoms with Crippen LogP contribution in [0.15, 0.2) is 58.5 Å².